The Morgan fingerprint density at radius 2 is 1.68 bits per heavy atom. The fraction of sp³-hybridized carbons (Fsp3) is 0.263. The first-order valence-electron chi connectivity index (χ1n) is 7.97. The summed E-state index contributed by atoms with van der Waals surface area (Å²) < 4.78 is 36.1. The largest absolute Gasteiger partial charge is 0.493 e. The summed E-state index contributed by atoms with van der Waals surface area (Å²) in [6, 6.07) is 10.6. The zero-order chi connectivity index (χ0) is 18.0. The van der Waals surface area contributed by atoms with Crippen molar-refractivity contribution in [2.45, 2.75) is 18.2 Å². The van der Waals surface area contributed by atoms with Crippen molar-refractivity contribution in [3.05, 3.63) is 58.5 Å². The van der Waals surface area contributed by atoms with Crippen molar-refractivity contribution in [3.8, 4) is 11.5 Å². The third-order valence-corrected chi connectivity index (χ3v) is 5.71. The van der Waals surface area contributed by atoms with Gasteiger partial charge in [-0.15, -0.1) is 0 Å². The number of hydrogen-bond acceptors (Lipinski definition) is 5. The second kappa shape index (κ2) is 6.80. The first kappa shape index (κ1) is 17.4. The Bertz CT molecular complexity index is 915. The molecule has 0 atom stereocenters. The van der Waals surface area contributed by atoms with E-state index in [-0.39, 0.29) is 4.90 Å². The molecule has 6 heteroatoms. The molecule has 0 unspecified atom stereocenters. The second-order valence-electron chi connectivity index (χ2n) is 5.93. The zero-order valence-corrected chi connectivity index (χ0v) is 15.3. The monoisotopic (exact) mass is 359 g/mol. The van der Waals surface area contributed by atoms with Crippen LogP contribution in [0.15, 0.2) is 46.7 Å². The third kappa shape index (κ3) is 3.49. The summed E-state index contributed by atoms with van der Waals surface area (Å²) in [5, 5.41) is 4.48. The number of ether oxygens (including phenoxy) is 2. The quantitative estimate of drug-likeness (QED) is 0.909. The molecule has 0 radical (unpaired) electrons. The molecule has 0 fully saturated rings. The highest BCUT2D eigenvalue weighted by Gasteiger charge is 2.21. The predicted octanol–water partition coefficient (Wildman–Crippen LogP) is 2.93. The number of benzene rings is 2. The normalized spacial score (nSPS) is 15.4. The molecule has 1 N–H and O–H groups in total. The van der Waals surface area contributed by atoms with Gasteiger partial charge in [-0.2, -0.15) is 0 Å². The van der Waals surface area contributed by atoms with Gasteiger partial charge in [0.05, 0.1) is 30.2 Å². The van der Waals surface area contributed by atoms with Crippen LogP contribution in [0.5, 0.6) is 11.5 Å². The molecule has 0 amide bonds. The van der Waals surface area contributed by atoms with Gasteiger partial charge in [0.1, 0.15) is 0 Å². The minimum absolute atomic E-state index is 0.278. The molecule has 0 aliphatic carbocycles. The predicted molar refractivity (Wildman–Crippen MR) is 97.6 cm³/mol. The number of rotatable bonds is 4. The Morgan fingerprint density at radius 1 is 1.04 bits per heavy atom. The maximum Gasteiger partial charge on any atom is 0.201 e. The van der Waals surface area contributed by atoms with Crippen LogP contribution >= 0.6 is 0 Å². The van der Waals surface area contributed by atoms with Crippen LogP contribution in [0.25, 0.3) is 5.70 Å². The van der Waals surface area contributed by atoms with E-state index >= 15 is 0 Å². The van der Waals surface area contributed by atoms with Crippen molar-refractivity contribution in [1.29, 1.82) is 0 Å². The highest BCUT2D eigenvalue weighted by molar-refractivity contribution is 7.94. The number of methoxy groups -OCH3 is 2. The fourth-order valence-electron chi connectivity index (χ4n) is 2.86. The van der Waals surface area contributed by atoms with Crippen molar-refractivity contribution in [3.63, 3.8) is 0 Å². The number of hydrogen-bond donors (Lipinski definition) is 1. The van der Waals surface area contributed by atoms with Crippen molar-refractivity contribution >= 4 is 15.5 Å². The molecule has 1 heterocycles. The molecule has 2 aromatic carbocycles. The minimum atomic E-state index is -3.55. The SMILES string of the molecule is COc1cc2c(cc1OC)C(=CS(=O)(=O)c1ccc(C)cc1)NCC2. The van der Waals surface area contributed by atoms with Crippen LogP contribution in [0, 0.1) is 6.92 Å². The third-order valence-electron chi connectivity index (χ3n) is 4.23. The molecule has 1 aliphatic rings. The van der Waals surface area contributed by atoms with Gasteiger partial charge >= 0.3 is 0 Å². The lowest BCUT2D eigenvalue weighted by molar-refractivity contribution is 0.354. The van der Waals surface area contributed by atoms with Gasteiger partial charge in [0.2, 0.25) is 9.84 Å². The van der Waals surface area contributed by atoms with E-state index in [0.717, 1.165) is 23.1 Å². The van der Waals surface area contributed by atoms with Crippen LogP contribution in [0.4, 0.5) is 0 Å². The van der Waals surface area contributed by atoms with Crippen molar-refractivity contribution < 1.29 is 17.9 Å². The lowest BCUT2D eigenvalue weighted by Gasteiger charge is -2.23. The van der Waals surface area contributed by atoms with Gasteiger partial charge in [-0.05, 0) is 43.2 Å². The smallest absolute Gasteiger partial charge is 0.201 e. The Morgan fingerprint density at radius 3 is 2.32 bits per heavy atom. The molecular formula is C19H21NO4S. The molecule has 0 saturated heterocycles. The standard InChI is InChI=1S/C19H21NO4S/c1-13-4-6-15(7-5-13)25(21,22)12-17-16-11-19(24-3)18(23-2)10-14(16)8-9-20-17/h4-7,10-12,20H,8-9H2,1-3H3. The van der Waals surface area contributed by atoms with Crippen molar-refractivity contribution in [2.75, 3.05) is 20.8 Å². The lowest BCUT2D eigenvalue weighted by atomic mass is 9.98. The van der Waals surface area contributed by atoms with Crippen molar-refractivity contribution in [2.24, 2.45) is 0 Å². The summed E-state index contributed by atoms with van der Waals surface area (Å²) in [4.78, 5) is 0.278. The first-order chi connectivity index (χ1) is 11.9. The zero-order valence-electron chi connectivity index (χ0n) is 14.5. The second-order valence-corrected chi connectivity index (χ2v) is 7.73. The van der Waals surface area contributed by atoms with Gasteiger partial charge in [0, 0.05) is 12.1 Å². The van der Waals surface area contributed by atoms with E-state index in [0.29, 0.717) is 23.7 Å². The lowest BCUT2D eigenvalue weighted by Crippen LogP contribution is -2.23. The molecule has 2 aromatic rings. The molecular weight excluding hydrogens is 338 g/mol. The van der Waals surface area contributed by atoms with E-state index in [2.05, 4.69) is 5.32 Å². The number of fused-ring (bicyclic) bond motifs is 1. The van der Waals surface area contributed by atoms with Crippen LogP contribution in [-0.4, -0.2) is 29.2 Å². The highest BCUT2D eigenvalue weighted by Crippen LogP contribution is 2.35. The summed E-state index contributed by atoms with van der Waals surface area (Å²) in [6.45, 7) is 2.59. The van der Waals surface area contributed by atoms with Crippen LogP contribution < -0.4 is 14.8 Å². The van der Waals surface area contributed by atoms with E-state index in [1.165, 1.54) is 5.41 Å². The van der Waals surface area contributed by atoms with Gasteiger partial charge in [0.25, 0.3) is 0 Å². The Hall–Kier alpha value is -2.47. The average Bonchev–Trinajstić information content (AvgIpc) is 2.61. The highest BCUT2D eigenvalue weighted by atomic mass is 32.2. The molecule has 0 spiro atoms. The summed E-state index contributed by atoms with van der Waals surface area (Å²) >= 11 is 0. The average molecular weight is 359 g/mol. The maximum atomic E-state index is 12.7. The fourth-order valence-corrected chi connectivity index (χ4v) is 4.03. The molecule has 25 heavy (non-hydrogen) atoms. The summed E-state index contributed by atoms with van der Waals surface area (Å²) in [6.07, 6.45) is 0.789. The van der Waals surface area contributed by atoms with E-state index in [4.69, 9.17) is 9.47 Å². The van der Waals surface area contributed by atoms with Crippen LogP contribution in [0.2, 0.25) is 0 Å². The van der Waals surface area contributed by atoms with Crippen LogP contribution in [0.1, 0.15) is 16.7 Å². The molecule has 0 saturated carbocycles. The summed E-state index contributed by atoms with van der Waals surface area (Å²) in [7, 11) is -0.402. The van der Waals surface area contributed by atoms with Gasteiger partial charge in [0.15, 0.2) is 11.5 Å². The maximum absolute atomic E-state index is 12.7. The van der Waals surface area contributed by atoms with Gasteiger partial charge in [-0.3, -0.25) is 0 Å². The van der Waals surface area contributed by atoms with E-state index in [1.807, 2.05) is 19.1 Å². The van der Waals surface area contributed by atoms with E-state index in [9.17, 15) is 8.42 Å². The van der Waals surface area contributed by atoms with Crippen LogP contribution in [-0.2, 0) is 16.3 Å². The van der Waals surface area contributed by atoms with Gasteiger partial charge < -0.3 is 14.8 Å². The Balaban J connectivity index is 2.08. The molecule has 1 aliphatic heterocycles. The number of nitrogens with one attached hydrogen (secondary N) is 1. The molecule has 3 rings (SSSR count). The summed E-state index contributed by atoms with van der Waals surface area (Å²) in [5.74, 6) is 1.22. The number of sulfone groups is 1. The van der Waals surface area contributed by atoms with E-state index < -0.39 is 9.84 Å². The summed E-state index contributed by atoms with van der Waals surface area (Å²) in [5.41, 5.74) is 3.44. The van der Waals surface area contributed by atoms with Crippen molar-refractivity contribution in [1.82, 2.24) is 5.32 Å². The number of aryl methyl sites for hydroxylation is 1. The van der Waals surface area contributed by atoms with Crippen LogP contribution in [0.3, 0.4) is 0 Å². The minimum Gasteiger partial charge on any atom is -0.493 e. The van der Waals surface area contributed by atoms with Gasteiger partial charge in [-0.25, -0.2) is 8.42 Å². The molecule has 132 valence electrons. The first-order valence-corrected chi connectivity index (χ1v) is 9.52. The molecule has 0 aromatic heterocycles. The Kier molecular flexibility index (Phi) is 4.72. The van der Waals surface area contributed by atoms with E-state index in [1.54, 1.807) is 38.5 Å². The molecule has 0 bridgehead atoms. The molecule has 5 nitrogen and oxygen atoms in total. The Labute approximate surface area is 148 Å². The van der Waals surface area contributed by atoms with Gasteiger partial charge in [-0.1, -0.05) is 17.7 Å². The topological polar surface area (TPSA) is 64.6 Å².